The van der Waals surface area contributed by atoms with Crippen molar-refractivity contribution in [1.82, 2.24) is 9.38 Å². The van der Waals surface area contributed by atoms with Crippen LogP contribution in [0.25, 0.3) is 5.65 Å². The maximum atomic E-state index is 6.26. The SMILES string of the molecule is Cc1nc2c(OCC3(c4ccccc4)CC3)cccn2c1Cl.Cl. The number of ether oxygens (including phenoxy) is 1. The van der Waals surface area contributed by atoms with Gasteiger partial charge in [-0.05, 0) is 37.5 Å². The van der Waals surface area contributed by atoms with Crippen LogP contribution in [0.2, 0.25) is 5.15 Å². The first-order chi connectivity index (χ1) is 10.7. The molecule has 3 nitrogen and oxygen atoms in total. The molecule has 3 aromatic rings. The van der Waals surface area contributed by atoms with Gasteiger partial charge in [0.2, 0.25) is 0 Å². The molecule has 4 rings (SSSR count). The minimum atomic E-state index is 0. The van der Waals surface area contributed by atoms with E-state index in [1.54, 1.807) is 0 Å². The molecule has 0 unspecified atom stereocenters. The molecule has 0 atom stereocenters. The Hall–Kier alpha value is -1.71. The molecule has 1 aliphatic rings. The topological polar surface area (TPSA) is 26.5 Å². The Morgan fingerprint density at radius 2 is 1.91 bits per heavy atom. The normalized spacial score (nSPS) is 15.2. The summed E-state index contributed by atoms with van der Waals surface area (Å²) in [6.45, 7) is 2.59. The molecule has 0 radical (unpaired) electrons. The number of rotatable bonds is 4. The first kappa shape index (κ1) is 16.2. The van der Waals surface area contributed by atoms with Crippen LogP contribution in [0.4, 0.5) is 0 Å². The molecule has 2 heterocycles. The number of hydrogen-bond donors (Lipinski definition) is 0. The van der Waals surface area contributed by atoms with Crippen molar-refractivity contribution < 1.29 is 4.74 Å². The van der Waals surface area contributed by atoms with E-state index in [0.717, 1.165) is 17.1 Å². The number of pyridine rings is 1. The van der Waals surface area contributed by atoms with Crippen molar-refractivity contribution in [3.8, 4) is 5.75 Å². The van der Waals surface area contributed by atoms with Crippen molar-refractivity contribution in [2.75, 3.05) is 6.61 Å². The van der Waals surface area contributed by atoms with E-state index in [9.17, 15) is 0 Å². The largest absolute Gasteiger partial charge is 0.489 e. The van der Waals surface area contributed by atoms with Gasteiger partial charge in [0.25, 0.3) is 0 Å². The van der Waals surface area contributed by atoms with Crippen LogP contribution in [-0.4, -0.2) is 16.0 Å². The van der Waals surface area contributed by atoms with Gasteiger partial charge in [-0.3, -0.25) is 4.40 Å². The van der Waals surface area contributed by atoms with E-state index >= 15 is 0 Å². The van der Waals surface area contributed by atoms with Gasteiger partial charge in [-0.15, -0.1) is 12.4 Å². The molecule has 1 aliphatic carbocycles. The summed E-state index contributed by atoms with van der Waals surface area (Å²) in [5.41, 5.74) is 3.13. The summed E-state index contributed by atoms with van der Waals surface area (Å²) in [4.78, 5) is 4.51. The zero-order valence-corrected chi connectivity index (χ0v) is 14.4. The summed E-state index contributed by atoms with van der Waals surface area (Å²) >= 11 is 6.26. The lowest BCUT2D eigenvalue weighted by Gasteiger charge is -2.17. The summed E-state index contributed by atoms with van der Waals surface area (Å²) < 4.78 is 8.00. The minimum Gasteiger partial charge on any atom is -0.489 e. The highest BCUT2D eigenvalue weighted by molar-refractivity contribution is 6.30. The maximum absolute atomic E-state index is 6.26. The minimum absolute atomic E-state index is 0. The number of aromatic nitrogens is 2. The van der Waals surface area contributed by atoms with E-state index in [1.165, 1.54) is 18.4 Å². The average Bonchev–Trinajstić information content (AvgIpc) is 3.29. The zero-order chi connectivity index (χ0) is 15.2. The molecule has 0 spiro atoms. The lowest BCUT2D eigenvalue weighted by atomic mass is 9.97. The molecule has 0 aliphatic heterocycles. The zero-order valence-electron chi connectivity index (χ0n) is 12.8. The van der Waals surface area contributed by atoms with Crippen molar-refractivity contribution in [3.63, 3.8) is 0 Å². The molecular formula is C18H18Cl2N2O. The number of benzene rings is 1. The predicted molar refractivity (Wildman–Crippen MR) is 95.0 cm³/mol. The third-order valence-electron chi connectivity index (χ3n) is 4.46. The quantitative estimate of drug-likeness (QED) is 0.675. The van der Waals surface area contributed by atoms with E-state index in [-0.39, 0.29) is 17.8 Å². The van der Waals surface area contributed by atoms with Crippen LogP contribution in [-0.2, 0) is 5.41 Å². The van der Waals surface area contributed by atoms with Gasteiger partial charge in [-0.2, -0.15) is 0 Å². The molecule has 1 fully saturated rings. The van der Waals surface area contributed by atoms with E-state index < -0.39 is 0 Å². The van der Waals surface area contributed by atoms with Crippen LogP contribution >= 0.6 is 24.0 Å². The lowest BCUT2D eigenvalue weighted by Crippen LogP contribution is -2.17. The number of nitrogens with zero attached hydrogens (tertiary/aromatic N) is 2. The Labute approximate surface area is 146 Å². The summed E-state index contributed by atoms with van der Waals surface area (Å²) in [6, 6.07) is 14.5. The molecule has 0 N–H and O–H groups in total. The Morgan fingerprint density at radius 3 is 2.61 bits per heavy atom. The third kappa shape index (κ3) is 2.79. The van der Waals surface area contributed by atoms with Gasteiger partial charge < -0.3 is 4.74 Å². The van der Waals surface area contributed by atoms with E-state index in [4.69, 9.17) is 16.3 Å². The Kier molecular flexibility index (Phi) is 4.26. The van der Waals surface area contributed by atoms with Gasteiger partial charge >= 0.3 is 0 Å². The maximum Gasteiger partial charge on any atom is 0.181 e. The first-order valence-electron chi connectivity index (χ1n) is 7.51. The summed E-state index contributed by atoms with van der Waals surface area (Å²) in [6.07, 6.45) is 4.26. The molecule has 1 saturated carbocycles. The molecule has 0 amide bonds. The molecule has 120 valence electrons. The Morgan fingerprint density at radius 1 is 1.17 bits per heavy atom. The van der Waals surface area contributed by atoms with Crippen LogP contribution < -0.4 is 4.74 Å². The summed E-state index contributed by atoms with van der Waals surface area (Å²) in [5.74, 6) is 0.791. The number of hydrogen-bond acceptors (Lipinski definition) is 2. The fourth-order valence-corrected chi connectivity index (χ4v) is 3.09. The van der Waals surface area contributed by atoms with Crippen LogP contribution in [0.3, 0.4) is 0 Å². The summed E-state index contributed by atoms with van der Waals surface area (Å²) in [7, 11) is 0. The number of aryl methyl sites for hydroxylation is 1. The molecule has 0 saturated heterocycles. The second-order valence-electron chi connectivity index (χ2n) is 5.99. The molecule has 5 heteroatoms. The first-order valence-corrected chi connectivity index (χ1v) is 7.89. The standard InChI is InChI=1S/C18H17ClN2O.ClH/c1-13-16(19)21-11-5-8-15(17(21)20-13)22-12-18(9-10-18)14-6-3-2-4-7-14;/h2-8,11H,9-10,12H2,1H3;1H. The second-order valence-corrected chi connectivity index (χ2v) is 6.35. The van der Waals surface area contributed by atoms with E-state index in [0.29, 0.717) is 11.8 Å². The van der Waals surface area contributed by atoms with E-state index in [2.05, 4.69) is 35.3 Å². The molecule has 1 aromatic carbocycles. The van der Waals surface area contributed by atoms with Gasteiger partial charge in [0.1, 0.15) is 5.15 Å². The van der Waals surface area contributed by atoms with Gasteiger partial charge in [0.05, 0.1) is 12.3 Å². The van der Waals surface area contributed by atoms with Gasteiger partial charge in [0, 0.05) is 11.6 Å². The Balaban J connectivity index is 0.00000156. The number of halogens is 2. The molecule has 0 bridgehead atoms. The highest BCUT2D eigenvalue weighted by Gasteiger charge is 2.45. The third-order valence-corrected chi connectivity index (χ3v) is 4.91. The van der Waals surface area contributed by atoms with Crippen molar-refractivity contribution in [3.05, 3.63) is 65.1 Å². The number of fused-ring (bicyclic) bond motifs is 1. The highest BCUT2D eigenvalue weighted by atomic mass is 35.5. The second kappa shape index (κ2) is 6.06. The van der Waals surface area contributed by atoms with E-state index in [1.807, 2.05) is 29.7 Å². The van der Waals surface area contributed by atoms with Gasteiger partial charge in [-0.1, -0.05) is 41.9 Å². The van der Waals surface area contributed by atoms with Crippen molar-refractivity contribution in [2.24, 2.45) is 0 Å². The summed E-state index contributed by atoms with van der Waals surface area (Å²) in [5, 5.41) is 0.643. The van der Waals surface area contributed by atoms with Crippen LogP contribution in [0, 0.1) is 6.92 Å². The molecule has 2 aromatic heterocycles. The number of imidazole rings is 1. The highest BCUT2D eigenvalue weighted by Crippen LogP contribution is 2.48. The van der Waals surface area contributed by atoms with Crippen LogP contribution in [0.5, 0.6) is 5.75 Å². The average molecular weight is 349 g/mol. The van der Waals surface area contributed by atoms with Gasteiger partial charge in [0.15, 0.2) is 11.4 Å². The lowest BCUT2D eigenvalue weighted by molar-refractivity contribution is 0.279. The van der Waals surface area contributed by atoms with Crippen molar-refractivity contribution >= 4 is 29.7 Å². The van der Waals surface area contributed by atoms with Crippen molar-refractivity contribution in [1.29, 1.82) is 0 Å². The van der Waals surface area contributed by atoms with Crippen LogP contribution in [0.1, 0.15) is 24.1 Å². The monoisotopic (exact) mass is 348 g/mol. The predicted octanol–water partition coefficient (Wildman–Crippen LogP) is 4.83. The van der Waals surface area contributed by atoms with Gasteiger partial charge in [-0.25, -0.2) is 4.98 Å². The molecule has 23 heavy (non-hydrogen) atoms. The fraction of sp³-hybridized carbons (Fsp3) is 0.278. The Bertz CT molecular complexity index is 826. The van der Waals surface area contributed by atoms with Crippen molar-refractivity contribution in [2.45, 2.75) is 25.2 Å². The molecular weight excluding hydrogens is 331 g/mol. The smallest absolute Gasteiger partial charge is 0.181 e. The fourth-order valence-electron chi connectivity index (χ4n) is 2.91. The van der Waals surface area contributed by atoms with Crippen LogP contribution in [0.15, 0.2) is 48.7 Å².